The van der Waals surface area contributed by atoms with Gasteiger partial charge in [-0.15, -0.1) is 0 Å². The van der Waals surface area contributed by atoms with Gasteiger partial charge in [0.05, 0.1) is 23.1 Å². The van der Waals surface area contributed by atoms with E-state index in [1.807, 2.05) is 0 Å². The van der Waals surface area contributed by atoms with E-state index in [0.29, 0.717) is 11.3 Å². The lowest BCUT2D eigenvalue weighted by atomic mass is 10.0. The maximum absolute atomic E-state index is 13.4. The number of alkyl halides is 3. The molecule has 174 valence electrons. The third-order valence-electron chi connectivity index (χ3n) is 4.74. The molecule has 33 heavy (non-hydrogen) atoms. The highest BCUT2D eigenvalue weighted by molar-refractivity contribution is 7.92. The molecule has 0 unspecified atom stereocenters. The largest absolute Gasteiger partial charge is 0.457 e. The van der Waals surface area contributed by atoms with Crippen LogP contribution in [-0.2, 0) is 16.2 Å². The smallest absolute Gasteiger partial charge is 0.416 e. The maximum Gasteiger partial charge on any atom is 0.416 e. The molecule has 1 amide bonds. The number of nitrogens with one attached hydrogen (secondary N) is 2. The molecule has 3 aromatic carbocycles. The molecule has 0 radical (unpaired) electrons. The van der Waals surface area contributed by atoms with E-state index in [4.69, 9.17) is 4.74 Å². The highest BCUT2D eigenvalue weighted by Gasteiger charge is 2.33. The van der Waals surface area contributed by atoms with Crippen LogP contribution in [0, 0.1) is 13.8 Å². The first-order chi connectivity index (χ1) is 15.3. The van der Waals surface area contributed by atoms with Gasteiger partial charge < -0.3 is 10.1 Å². The molecule has 0 aliphatic heterocycles. The lowest BCUT2D eigenvalue weighted by Gasteiger charge is -2.17. The molecule has 0 bridgehead atoms. The van der Waals surface area contributed by atoms with E-state index >= 15 is 0 Å². The van der Waals surface area contributed by atoms with Crippen LogP contribution < -0.4 is 14.8 Å². The first-order valence-electron chi connectivity index (χ1n) is 9.68. The van der Waals surface area contributed by atoms with Crippen molar-refractivity contribution in [2.24, 2.45) is 0 Å². The van der Waals surface area contributed by atoms with Crippen LogP contribution in [0.15, 0.2) is 60.7 Å². The van der Waals surface area contributed by atoms with Crippen molar-refractivity contribution in [2.75, 3.05) is 16.3 Å². The number of amides is 1. The van der Waals surface area contributed by atoms with Gasteiger partial charge in [-0.25, -0.2) is 8.42 Å². The normalized spacial score (nSPS) is 11.7. The van der Waals surface area contributed by atoms with E-state index in [1.54, 1.807) is 30.3 Å². The van der Waals surface area contributed by atoms with Crippen molar-refractivity contribution in [1.29, 1.82) is 0 Å². The average Bonchev–Trinajstić information content (AvgIpc) is 2.70. The van der Waals surface area contributed by atoms with E-state index in [-0.39, 0.29) is 28.3 Å². The Hall–Kier alpha value is -3.53. The lowest BCUT2D eigenvalue weighted by molar-refractivity contribution is -0.138. The summed E-state index contributed by atoms with van der Waals surface area (Å²) in [5.41, 5.74) is -0.714. The number of sulfonamides is 1. The average molecular weight is 478 g/mol. The summed E-state index contributed by atoms with van der Waals surface area (Å²) in [6.07, 6.45) is -3.68. The fourth-order valence-corrected chi connectivity index (χ4v) is 3.69. The molecule has 0 heterocycles. The second kappa shape index (κ2) is 9.14. The zero-order valence-electron chi connectivity index (χ0n) is 17.9. The Balaban J connectivity index is 1.99. The number of ether oxygens (including phenoxy) is 1. The number of para-hydroxylation sites is 1. The minimum atomic E-state index is -4.60. The fourth-order valence-electron chi connectivity index (χ4n) is 3.11. The van der Waals surface area contributed by atoms with Crippen molar-refractivity contribution in [3.8, 4) is 11.5 Å². The molecule has 10 heteroatoms. The van der Waals surface area contributed by atoms with Crippen LogP contribution in [0.1, 0.15) is 27.0 Å². The van der Waals surface area contributed by atoms with E-state index < -0.39 is 27.7 Å². The molecule has 0 atom stereocenters. The molecular weight excluding hydrogens is 457 g/mol. The molecule has 6 nitrogen and oxygen atoms in total. The third kappa shape index (κ3) is 6.26. The predicted octanol–water partition coefficient (Wildman–Crippen LogP) is 5.74. The predicted molar refractivity (Wildman–Crippen MR) is 120 cm³/mol. The minimum Gasteiger partial charge on any atom is -0.457 e. The van der Waals surface area contributed by atoms with Crippen LogP contribution in [0.5, 0.6) is 11.5 Å². The standard InChI is InChI=1S/C23H21F3N2O4S/c1-14-11-16(12-20(15(14)2)23(24,25)26)27-22(29)19-13-18(32-17-7-5-4-6-8-17)9-10-21(19)28-33(3,30)31/h4-13,28H,1-3H3,(H,27,29). The number of anilines is 2. The number of hydrogen-bond acceptors (Lipinski definition) is 4. The SMILES string of the molecule is Cc1cc(NC(=O)c2cc(Oc3ccccc3)ccc2NS(C)(=O)=O)cc(C(F)(F)F)c1C. The van der Waals surface area contributed by atoms with Gasteiger partial charge in [-0.1, -0.05) is 18.2 Å². The zero-order chi connectivity index (χ0) is 24.4. The van der Waals surface area contributed by atoms with Gasteiger partial charge in [-0.3, -0.25) is 9.52 Å². The van der Waals surface area contributed by atoms with Gasteiger partial charge in [0.1, 0.15) is 11.5 Å². The van der Waals surface area contributed by atoms with E-state index in [2.05, 4.69) is 10.0 Å². The summed E-state index contributed by atoms with van der Waals surface area (Å²) >= 11 is 0. The van der Waals surface area contributed by atoms with E-state index in [1.165, 1.54) is 38.1 Å². The topological polar surface area (TPSA) is 84.5 Å². The van der Waals surface area contributed by atoms with E-state index in [0.717, 1.165) is 12.3 Å². The van der Waals surface area contributed by atoms with Crippen LogP contribution in [0.2, 0.25) is 0 Å². The third-order valence-corrected chi connectivity index (χ3v) is 5.33. The number of carbonyl (C=O) groups excluding carboxylic acids is 1. The number of benzene rings is 3. The quantitative estimate of drug-likeness (QED) is 0.473. The van der Waals surface area contributed by atoms with Gasteiger partial charge in [0.25, 0.3) is 5.91 Å². The number of aryl methyl sites for hydroxylation is 1. The summed E-state index contributed by atoms with van der Waals surface area (Å²) in [5.74, 6) is -0.0887. The van der Waals surface area contributed by atoms with Crippen molar-refractivity contribution in [3.05, 3.63) is 82.9 Å². The summed E-state index contributed by atoms with van der Waals surface area (Å²) in [4.78, 5) is 13.0. The Morgan fingerprint density at radius 2 is 1.61 bits per heavy atom. The van der Waals surface area contributed by atoms with Crippen LogP contribution in [0.3, 0.4) is 0 Å². The molecule has 0 fully saturated rings. The molecule has 0 aliphatic rings. The summed E-state index contributed by atoms with van der Waals surface area (Å²) in [6, 6.07) is 15.0. The maximum atomic E-state index is 13.4. The first kappa shape index (κ1) is 24.1. The second-order valence-corrected chi connectivity index (χ2v) is 9.16. The van der Waals surface area contributed by atoms with Crippen LogP contribution in [-0.4, -0.2) is 20.6 Å². The van der Waals surface area contributed by atoms with Gasteiger partial charge in [-0.05, 0) is 67.4 Å². The molecule has 0 aromatic heterocycles. The highest BCUT2D eigenvalue weighted by atomic mass is 32.2. The Bertz CT molecular complexity index is 1290. The van der Waals surface area contributed by atoms with E-state index in [9.17, 15) is 26.4 Å². The van der Waals surface area contributed by atoms with Gasteiger partial charge in [0, 0.05) is 5.69 Å². The lowest BCUT2D eigenvalue weighted by Crippen LogP contribution is -2.18. The summed E-state index contributed by atoms with van der Waals surface area (Å²) < 4.78 is 71.6. The van der Waals surface area contributed by atoms with Crippen LogP contribution >= 0.6 is 0 Å². The number of rotatable bonds is 6. The fraction of sp³-hybridized carbons (Fsp3) is 0.174. The van der Waals surface area contributed by atoms with Gasteiger partial charge in [0.2, 0.25) is 10.0 Å². The molecular formula is C23H21F3N2O4S. The van der Waals surface area contributed by atoms with Crippen molar-refractivity contribution in [1.82, 2.24) is 0 Å². The molecule has 2 N–H and O–H groups in total. The number of carbonyl (C=O) groups is 1. The molecule has 0 aliphatic carbocycles. The zero-order valence-corrected chi connectivity index (χ0v) is 18.8. The molecule has 3 aromatic rings. The van der Waals surface area contributed by atoms with Gasteiger partial charge >= 0.3 is 6.18 Å². The summed E-state index contributed by atoms with van der Waals surface area (Å²) in [7, 11) is -3.74. The Labute approximate surface area is 189 Å². The Morgan fingerprint density at radius 3 is 2.21 bits per heavy atom. The van der Waals surface area contributed by atoms with Crippen molar-refractivity contribution >= 4 is 27.3 Å². The second-order valence-electron chi connectivity index (χ2n) is 7.41. The summed E-state index contributed by atoms with van der Waals surface area (Å²) in [6.45, 7) is 2.85. The van der Waals surface area contributed by atoms with Gasteiger partial charge in [-0.2, -0.15) is 13.2 Å². The Morgan fingerprint density at radius 1 is 0.939 bits per heavy atom. The molecule has 3 rings (SSSR count). The van der Waals surface area contributed by atoms with Crippen LogP contribution in [0.4, 0.5) is 24.5 Å². The van der Waals surface area contributed by atoms with Crippen LogP contribution in [0.25, 0.3) is 0 Å². The minimum absolute atomic E-state index is 0.0460. The summed E-state index contributed by atoms with van der Waals surface area (Å²) in [5, 5.41) is 2.43. The highest BCUT2D eigenvalue weighted by Crippen LogP contribution is 2.35. The number of halogens is 3. The van der Waals surface area contributed by atoms with Crippen molar-refractivity contribution in [3.63, 3.8) is 0 Å². The molecule has 0 saturated heterocycles. The first-order valence-corrected chi connectivity index (χ1v) is 11.6. The Kier molecular flexibility index (Phi) is 6.68. The monoisotopic (exact) mass is 478 g/mol. The molecule has 0 spiro atoms. The van der Waals surface area contributed by atoms with Crippen molar-refractivity contribution < 1.29 is 31.1 Å². The molecule has 0 saturated carbocycles. The van der Waals surface area contributed by atoms with Gasteiger partial charge in [0.15, 0.2) is 0 Å². The number of hydrogen-bond donors (Lipinski definition) is 2. The van der Waals surface area contributed by atoms with Crippen molar-refractivity contribution in [2.45, 2.75) is 20.0 Å².